The molecule has 0 aliphatic carbocycles. The number of hydrogen-bond donors (Lipinski definition) is 1. The third-order valence-electron chi connectivity index (χ3n) is 3.43. The number of hydrogen-bond acceptors (Lipinski definition) is 1. The molecule has 0 saturated heterocycles. The molecule has 1 nitrogen and oxygen atoms in total. The Morgan fingerprint density at radius 2 is 1.80 bits per heavy atom. The van der Waals surface area contributed by atoms with E-state index >= 15 is 0 Å². The Balaban J connectivity index is 2.32. The van der Waals surface area contributed by atoms with Gasteiger partial charge in [0.05, 0.1) is 0 Å². The Morgan fingerprint density at radius 1 is 1.05 bits per heavy atom. The Hall–Kier alpha value is -1.02. The van der Waals surface area contributed by atoms with Gasteiger partial charge in [-0.05, 0) is 42.6 Å². The number of halogens is 2. The summed E-state index contributed by atoms with van der Waals surface area (Å²) in [6.07, 6.45) is 0.830. The molecule has 1 unspecified atom stereocenters. The van der Waals surface area contributed by atoms with Crippen LogP contribution in [0.2, 0.25) is 10.0 Å². The fourth-order valence-corrected chi connectivity index (χ4v) is 2.83. The van der Waals surface area contributed by atoms with Crippen LogP contribution in [0.15, 0.2) is 42.5 Å². The monoisotopic (exact) mass is 307 g/mol. The summed E-state index contributed by atoms with van der Waals surface area (Å²) in [7, 11) is 0. The third-order valence-corrected chi connectivity index (χ3v) is 4.31. The fraction of sp³-hybridized carbons (Fsp3) is 0.294. The van der Waals surface area contributed by atoms with Crippen LogP contribution in [-0.4, -0.2) is 6.54 Å². The first-order valence-corrected chi connectivity index (χ1v) is 7.61. The summed E-state index contributed by atoms with van der Waals surface area (Å²) in [6, 6.07) is 14.3. The molecule has 106 valence electrons. The fourth-order valence-electron chi connectivity index (χ4n) is 2.36. The van der Waals surface area contributed by atoms with Gasteiger partial charge in [0.25, 0.3) is 0 Å². The maximum atomic E-state index is 6.46. The molecule has 0 aromatic heterocycles. The molecule has 0 heterocycles. The van der Waals surface area contributed by atoms with Crippen LogP contribution in [0.5, 0.6) is 0 Å². The lowest BCUT2D eigenvalue weighted by molar-refractivity contribution is 0.550. The highest BCUT2D eigenvalue weighted by atomic mass is 35.5. The zero-order valence-electron chi connectivity index (χ0n) is 11.8. The van der Waals surface area contributed by atoms with Gasteiger partial charge in [0.1, 0.15) is 0 Å². The summed E-state index contributed by atoms with van der Waals surface area (Å²) < 4.78 is 0. The summed E-state index contributed by atoms with van der Waals surface area (Å²) in [6.45, 7) is 5.02. The average Bonchev–Trinajstić information content (AvgIpc) is 2.44. The second kappa shape index (κ2) is 7.12. The Labute approximate surface area is 130 Å². The second-order valence-corrected chi connectivity index (χ2v) is 5.67. The summed E-state index contributed by atoms with van der Waals surface area (Å²) in [4.78, 5) is 0. The minimum absolute atomic E-state index is 0.173. The summed E-state index contributed by atoms with van der Waals surface area (Å²) in [5.74, 6) is 0. The van der Waals surface area contributed by atoms with Crippen molar-refractivity contribution in [3.63, 3.8) is 0 Å². The minimum Gasteiger partial charge on any atom is -0.310 e. The first-order valence-electron chi connectivity index (χ1n) is 6.85. The van der Waals surface area contributed by atoms with Crippen LogP contribution >= 0.6 is 23.2 Å². The van der Waals surface area contributed by atoms with E-state index in [2.05, 4.69) is 24.4 Å². The van der Waals surface area contributed by atoms with E-state index in [0.717, 1.165) is 39.7 Å². The van der Waals surface area contributed by atoms with E-state index in [1.165, 1.54) is 0 Å². The average molecular weight is 308 g/mol. The van der Waals surface area contributed by atoms with Crippen LogP contribution < -0.4 is 5.32 Å². The predicted molar refractivity (Wildman–Crippen MR) is 87.8 cm³/mol. The molecule has 2 rings (SSSR count). The van der Waals surface area contributed by atoms with Crippen molar-refractivity contribution >= 4 is 23.2 Å². The van der Waals surface area contributed by atoms with Gasteiger partial charge < -0.3 is 5.32 Å². The van der Waals surface area contributed by atoms with Crippen molar-refractivity contribution in [2.75, 3.05) is 6.54 Å². The van der Waals surface area contributed by atoms with E-state index in [1.807, 2.05) is 37.3 Å². The number of rotatable bonds is 5. The van der Waals surface area contributed by atoms with Crippen LogP contribution in [0.3, 0.4) is 0 Å². The van der Waals surface area contributed by atoms with Gasteiger partial charge in [0.2, 0.25) is 0 Å². The highest BCUT2D eigenvalue weighted by molar-refractivity contribution is 6.32. The van der Waals surface area contributed by atoms with Gasteiger partial charge in [-0.2, -0.15) is 0 Å². The van der Waals surface area contributed by atoms with Crippen molar-refractivity contribution in [2.24, 2.45) is 0 Å². The van der Waals surface area contributed by atoms with Crippen LogP contribution in [-0.2, 0) is 6.42 Å². The third kappa shape index (κ3) is 3.54. The van der Waals surface area contributed by atoms with Gasteiger partial charge in [-0.15, -0.1) is 0 Å². The highest BCUT2D eigenvalue weighted by Crippen LogP contribution is 2.30. The van der Waals surface area contributed by atoms with E-state index in [0.29, 0.717) is 0 Å². The number of benzene rings is 2. The quantitative estimate of drug-likeness (QED) is 0.801. The number of nitrogens with one attached hydrogen (secondary N) is 1. The second-order valence-electron chi connectivity index (χ2n) is 4.88. The SMILES string of the molecule is CCNC(Cc1ccccc1Cl)c1cccc(C)c1Cl. The lowest BCUT2D eigenvalue weighted by Crippen LogP contribution is -2.23. The Kier molecular flexibility index (Phi) is 5.47. The Morgan fingerprint density at radius 3 is 2.50 bits per heavy atom. The molecule has 1 atom stereocenters. The molecular weight excluding hydrogens is 289 g/mol. The van der Waals surface area contributed by atoms with Crippen LogP contribution in [0.25, 0.3) is 0 Å². The summed E-state index contributed by atoms with van der Waals surface area (Å²) >= 11 is 12.7. The maximum Gasteiger partial charge on any atom is 0.0483 e. The Bertz CT molecular complexity index is 581. The molecule has 3 heteroatoms. The molecule has 2 aromatic rings. The van der Waals surface area contributed by atoms with Crippen molar-refractivity contribution in [2.45, 2.75) is 26.3 Å². The molecule has 20 heavy (non-hydrogen) atoms. The molecule has 0 saturated carbocycles. The van der Waals surface area contributed by atoms with Gasteiger partial charge in [0.15, 0.2) is 0 Å². The van der Waals surface area contributed by atoms with Gasteiger partial charge in [-0.25, -0.2) is 0 Å². The topological polar surface area (TPSA) is 12.0 Å². The van der Waals surface area contributed by atoms with Crippen molar-refractivity contribution in [3.05, 3.63) is 69.2 Å². The molecule has 0 fully saturated rings. The van der Waals surface area contributed by atoms with Gasteiger partial charge >= 0.3 is 0 Å². The van der Waals surface area contributed by atoms with Crippen molar-refractivity contribution in [3.8, 4) is 0 Å². The molecule has 1 N–H and O–H groups in total. The molecular formula is C17H19Cl2N. The predicted octanol–water partition coefficient (Wildman–Crippen LogP) is 5.20. The van der Waals surface area contributed by atoms with E-state index in [-0.39, 0.29) is 6.04 Å². The molecule has 0 aliphatic heterocycles. The van der Waals surface area contributed by atoms with Crippen molar-refractivity contribution in [1.29, 1.82) is 0 Å². The van der Waals surface area contributed by atoms with E-state index in [1.54, 1.807) is 0 Å². The minimum atomic E-state index is 0.173. The molecule has 0 spiro atoms. The van der Waals surface area contributed by atoms with Gasteiger partial charge in [0, 0.05) is 16.1 Å². The summed E-state index contributed by atoms with van der Waals surface area (Å²) in [5, 5.41) is 5.14. The first-order chi connectivity index (χ1) is 9.63. The van der Waals surface area contributed by atoms with Gasteiger partial charge in [-0.1, -0.05) is 66.5 Å². The summed E-state index contributed by atoms with van der Waals surface area (Å²) in [5.41, 5.74) is 3.37. The molecule has 0 aliphatic rings. The van der Waals surface area contributed by atoms with Gasteiger partial charge in [-0.3, -0.25) is 0 Å². The lowest BCUT2D eigenvalue weighted by Gasteiger charge is -2.21. The maximum absolute atomic E-state index is 6.46. The normalized spacial score (nSPS) is 12.4. The number of aryl methyl sites for hydroxylation is 1. The van der Waals surface area contributed by atoms with E-state index < -0.39 is 0 Å². The van der Waals surface area contributed by atoms with Crippen LogP contribution in [0.1, 0.15) is 29.7 Å². The first kappa shape index (κ1) is 15.4. The number of likely N-dealkylation sites (N-methyl/N-ethyl adjacent to an activating group) is 1. The molecule has 0 radical (unpaired) electrons. The van der Waals surface area contributed by atoms with E-state index in [4.69, 9.17) is 23.2 Å². The zero-order chi connectivity index (χ0) is 14.5. The smallest absolute Gasteiger partial charge is 0.0483 e. The zero-order valence-corrected chi connectivity index (χ0v) is 13.3. The van der Waals surface area contributed by atoms with Crippen LogP contribution in [0.4, 0.5) is 0 Å². The van der Waals surface area contributed by atoms with E-state index in [9.17, 15) is 0 Å². The highest BCUT2D eigenvalue weighted by Gasteiger charge is 2.16. The van der Waals surface area contributed by atoms with Crippen LogP contribution in [0, 0.1) is 6.92 Å². The standard InChI is InChI=1S/C17H19Cl2N/c1-3-20-16(11-13-8-4-5-10-15(13)18)14-9-6-7-12(2)17(14)19/h4-10,16,20H,3,11H2,1-2H3. The molecule has 2 aromatic carbocycles. The van der Waals surface area contributed by atoms with Crippen molar-refractivity contribution in [1.82, 2.24) is 5.32 Å². The molecule has 0 amide bonds. The lowest BCUT2D eigenvalue weighted by atomic mass is 9.97. The molecule has 0 bridgehead atoms. The van der Waals surface area contributed by atoms with Crippen molar-refractivity contribution < 1.29 is 0 Å². The largest absolute Gasteiger partial charge is 0.310 e.